The number of imidazole rings is 1. The average molecular weight is 633 g/mol. The molecule has 1 aromatic heterocycles. The van der Waals surface area contributed by atoms with E-state index in [1.54, 1.807) is 48.9 Å². The second-order valence-electron chi connectivity index (χ2n) is 9.94. The summed E-state index contributed by atoms with van der Waals surface area (Å²) in [5.74, 6) is -1.16. The van der Waals surface area contributed by atoms with Crippen molar-refractivity contribution in [2.45, 2.75) is 32.5 Å². The summed E-state index contributed by atoms with van der Waals surface area (Å²) < 4.78 is 13.5. The summed E-state index contributed by atoms with van der Waals surface area (Å²) in [7, 11) is 1.41. The van der Waals surface area contributed by atoms with Gasteiger partial charge in [0.05, 0.1) is 29.5 Å². The van der Waals surface area contributed by atoms with Crippen LogP contribution in [0.15, 0.2) is 89.4 Å². The Morgan fingerprint density at radius 1 is 1.07 bits per heavy atom. The molecule has 1 atom stereocenters. The number of ether oxygens (including phenoxy) is 2. The minimum Gasteiger partial charge on any atom is -0.507 e. The van der Waals surface area contributed by atoms with E-state index in [0.717, 1.165) is 11.1 Å². The van der Waals surface area contributed by atoms with Crippen LogP contribution in [0.25, 0.3) is 5.76 Å². The number of likely N-dealkylation sites (tertiary alicyclic amines) is 1. The van der Waals surface area contributed by atoms with Crippen LogP contribution in [0.4, 0.5) is 0 Å². The molecule has 4 aromatic rings. The molecule has 0 spiro atoms. The number of nitrogens with zero attached hydrogens (tertiary/aromatic N) is 3. The van der Waals surface area contributed by atoms with Crippen molar-refractivity contribution in [3.8, 4) is 17.2 Å². The van der Waals surface area contributed by atoms with Gasteiger partial charge in [0.25, 0.3) is 11.7 Å². The zero-order chi connectivity index (χ0) is 29.8. The van der Waals surface area contributed by atoms with Crippen LogP contribution in [0.2, 0.25) is 0 Å². The first-order valence-electron chi connectivity index (χ1n) is 13.4. The number of amides is 1. The van der Waals surface area contributed by atoms with E-state index in [9.17, 15) is 19.8 Å². The van der Waals surface area contributed by atoms with Crippen molar-refractivity contribution in [2.75, 3.05) is 13.7 Å². The number of phenols is 1. The summed E-state index contributed by atoms with van der Waals surface area (Å²) in [5.41, 5.74) is 3.01. The predicted molar refractivity (Wildman–Crippen MR) is 160 cm³/mol. The van der Waals surface area contributed by atoms with Gasteiger partial charge in [0, 0.05) is 31.0 Å². The van der Waals surface area contributed by atoms with Gasteiger partial charge in [0.1, 0.15) is 18.1 Å². The first-order valence-corrected chi connectivity index (χ1v) is 14.2. The van der Waals surface area contributed by atoms with E-state index < -0.39 is 17.7 Å². The van der Waals surface area contributed by atoms with Gasteiger partial charge in [-0.1, -0.05) is 24.3 Å². The Labute approximate surface area is 251 Å². The van der Waals surface area contributed by atoms with Gasteiger partial charge in [-0.15, -0.1) is 0 Å². The molecule has 0 bridgehead atoms. The maximum Gasteiger partial charge on any atom is 0.295 e. The number of methoxy groups -OCH3 is 1. The van der Waals surface area contributed by atoms with Crippen LogP contribution in [-0.2, 0) is 22.7 Å². The molecule has 1 aliphatic heterocycles. The van der Waals surface area contributed by atoms with Gasteiger partial charge in [-0.2, -0.15) is 0 Å². The Morgan fingerprint density at radius 2 is 1.83 bits per heavy atom. The summed E-state index contributed by atoms with van der Waals surface area (Å²) in [6.07, 6.45) is 5.72. The van der Waals surface area contributed by atoms with Crippen LogP contribution in [0, 0.1) is 6.92 Å². The number of halogens is 1. The Balaban J connectivity index is 1.47. The topological polar surface area (TPSA) is 114 Å². The summed E-state index contributed by atoms with van der Waals surface area (Å²) in [6, 6.07) is 17.0. The van der Waals surface area contributed by atoms with Crippen molar-refractivity contribution < 1.29 is 29.3 Å². The maximum absolute atomic E-state index is 13.4. The number of aromatic nitrogens is 2. The molecule has 5 rings (SSSR count). The number of benzene rings is 3. The number of aryl methyl sites for hydroxylation is 2. The van der Waals surface area contributed by atoms with Gasteiger partial charge < -0.3 is 29.2 Å². The number of hydrogen-bond acceptors (Lipinski definition) is 7. The fourth-order valence-electron chi connectivity index (χ4n) is 5.00. The van der Waals surface area contributed by atoms with Crippen LogP contribution < -0.4 is 9.47 Å². The van der Waals surface area contributed by atoms with Crippen molar-refractivity contribution in [1.29, 1.82) is 0 Å². The number of carbonyl (C=O) groups excluding carboxylic acids is 2. The van der Waals surface area contributed by atoms with Crippen LogP contribution >= 0.6 is 15.9 Å². The van der Waals surface area contributed by atoms with Gasteiger partial charge in [-0.05, 0) is 82.4 Å². The number of Topliss-reactive ketones (excluding diaryl/α,β-unsaturated/α-hetero) is 1. The predicted octanol–water partition coefficient (Wildman–Crippen LogP) is 5.76. The number of hydrogen-bond donors (Lipinski definition) is 2. The highest BCUT2D eigenvalue weighted by molar-refractivity contribution is 9.10. The van der Waals surface area contributed by atoms with Gasteiger partial charge >= 0.3 is 0 Å². The van der Waals surface area contributed by atoms with Gasteiger partial charge in [0.2, 0.25) is 0 Å². The lowest BCUT2D eigenvalue weighted by molar-refractivity contribution is -0.139. The van der Waals surface area contributed by atoms with Crippen LogP contribution in [-0.4, -0.2) is 50.0 Å². The highest BCUT2D eigenvalue weighted by Crippen LogP contribution is 2.44. The lowest BCUT2D eigenvalue weighted by atomic mass is 9.95. The fourth-order valence-corrected chi connectivity index (χ4v) is 5.46. The number of carbonyl (C=O) groups is 2. The third-order valence-electron chi connectivity index (χ3n) is 7.28. The van der Waals surface area contributed by atoms with Gasteiger partial charge in [-0.3, -0.25) is 9.59 Å². The standard InChI is InChI=1S/C32H30BrN3O6/c1-20-6-3-4-7-22(20)18-42-24-10-8-21(9-11-24)29(37)27-28(23-16-25(33)30(38)26(17-23)41-2)36(32(40)31(27)39)14-5-13-35-15-12-34-19-35/h3-4,6-12,15-17,19,28,37-38H,5,13-14,18H2,1-2H3/b29-27+. The zero-order valence-electron chi connectivity index (χ0n) is 23.2. The molecule has 1 amide bonds. The smallest absolute Gasteiger partial charge is 0.295 e. The van der Waals surface area contributed by atoms with E-state index in [1.165, 1.54) is 12.0 Å². The molecule has 1 aliphatic rings. The molecule has 2 N–H and O–H groups in total. The first kappa shape index (κ1) is 28.9. The minimum atomic E-state index is -0.907. The number of phenolic OH excluding ortho intramolecular Hbond substituents is 1. The number of ketones is 1. The maximum atomic E-state index is 13.4. The Morgan fingerprint density at radius 3 is 2.52 bits per heavy atom. The van der Waals surface area contributed by atoms with Crippen LogP contribution in [0.1, 0.15) is 34.7 Å². The molecule has 1 fully saturated rings. The molecule has 3 aromatic carbocycles. The second-order valence-corrected chi connectivity index (χ2v) is 10.8. The van der Waals surface area contributed by atoms with Crippen molar-refractivity contribution in [3.05, 3.63) is 112 Å². The third kappa shape index (κ3) is 5.89. The molecule has 0 aliphatic carbocycles. The highest BCUT2D eigenvalue weighted by Gasteiger charge is 2.46. The van der Waals surface area contributed by atoms with E-state index in [0.29, 0.717) is 40.9 Å². The molecule has 0 radical (unpaired) electrons. The van der Waals surface area contributed by atoms with E-state index in [1.807, 2.05) is 42.0 Å². The van der Waals surface area contributed by atoms with Crippen molar-refractivity contribution in [2.24, 2.45) is 0 Å². The molecular weight excluding hydrogens is 602 g/mol. The lowest BCUT2D eigenvalue weighted by Gasteiger charge is -2.26. The zero-order valence-corrected chi connectivity index (χ0v) is 24.7. The van der Waals surface area contributed by atoms with Crippen molar-refractivity contribution in [3.63, 3.8) is 0 Å². The minimum absolute atomic E-state index is 0.0455. The number of aliphatic hydroxyl groups is 1. The quantitative estimate of drug-likeness (QED) is 0.130. The molecule has 10 heteroatoms. The van der Waals surface area contributed by atoms with Crippen LogP contribution in [0.3, 0.4) is 0 Å². The van der Waals surface area contributed by atoms with E-state index in [-0.39, 0.29) is 29.4 Å². The average Bonchev–Trinajstić information content (AvgIpc) is 3.60. The number of aliphatic hydroxyl groups excluding tert-OH is 1. The van der Waals surface area contributed by atoms with Crippen LogP contribution in [0.5, 0.6) is 17.2 Å². The SMILES string of the molecule is COc1cc(C2/C(=C(\O)c3ccc(OCc4ccccc4C)cc3)C(=O)C(=O)N2CCCn2ccnc2)cc(Br)c1O. The highest BCUT2D eigenvalue weighted by atomic mass is 79.9. The third-order valence-corrected chi connectivity index (χ3v) is 7.89. The summed E-state index contributed by atoms with van der Waals surface area (Å²) in [5, 5.41) is 21.8. The summed E-state index contributed by atoms with van der Waals surface area (Å²) in [6.45, 7) is 3.24. The number of aromatic hydroxyl groups is 1. The molecule has 2 heterocycles. The fraction of sp³-hybridized carbons (Fsp3) is 0.219. The summed E-state index contributed by atoms with van der Waals surface area (Å²) >= 11 is 3.34. The molecule has 0 saturated carbocycles. The van der Waals surface area contributed by atoms with Gasteiger partial charge in [0.15, 0.2) is 11.5 Å². The van der Waals surface area contributed by atoms with E-state index in [2.05, 4.69) is 20.9 Å². The van der Waals surface area contributed by atoms with Crippen molar-refractivity contribution >= 4 is 33.4 Å². The van der Waals surface area contributed by atoms with E-state index in [4.69, 9.17) is 9.47 Å². The number of rotatable bonds is 10. The first-order chi connectivity index (χ1) is 20.3. The van der Waals surface area contributed by atoms with Gasteiger partial charge in [-0.25, -0.2) is 4.98 Å². The Hall–Kier alpha value is -4.57. The monoisotopic (exact) mass is 631 g/mol. The van der Waals surface area contributed by atoms with Crippen molar-refractivity contribution in [1.82, 2.24) is 14.5 Å². The molecule has 42 heavy (non-hydrogen) atoms. The summed E-state index contributed by atoms with van der Waals surface area (Å²) in [4.78, 5) is 32.3. The molecule has 1 unspecified atom stereocenters. The molecule has 216 valence electrons. The Bertz CT molecular complexity index is 1630. The molecule has 9 nitrogen and oxygen atoms in total. The largest absolute Gasteiger partial charge is 0.507 e. The molecular formula is C32H30BrN3O6. The van der Waals surface area contributed by atoms with E-state index >= 15 is 0 Å². The molecule has 1 saturated heterocycles. The Kier molecular flexibility index (Phi) is 8.63. The second kappa shape index (κ2) is 12.5. The lowest BCUT2D eigenvalue weighted by Crippen LogP contribution is -2.31. The normalized spacial score (nSPS) is 16.2.